The molecular formula is C25H21N3O. The molecule has 0 spiro atoms. The molecule has 2 aromatic heterocycles. The summed E-state index contributed by atoms with van der Waals surface area (Å²) in [5.41, 5.74) is 5.87. The van der Waals surface area contributed by atoms with Gasteiger partial charge in [-0.25, -0.2) is 4.98 Å². The number of ether oxygens (including phenoxy) is 1. The number of fused-ring (bicyclic) bond motifs is 1. The Balaban J connectivity index is 1.90. The van der Waals surface area contributed by atoms with Gasteiger partial charge in [-0.2, -0.15) is 5.26 Å². The summed E-state index contributed by atoms with van der Waals surface area (Å²) in [4.78, 5) is 4.72. The molecule has 0 N–H and O–H groups in total. The van der Waals surface area contributed by atoms with Crippen LogP contribution in [-0.2, 0) is 4.74 Å². The van der Waals surface area contributed by atoms with Crippen LogP contribution in [0.15, 0.2) is 72.9 Å². The Kier molecular flexibility index (Phi) is 4.59. The second-order valence-electron chi connectivity index (χ2n) is 7.35. The molecule has 1 aliphatic heterocycles. The highest BCUT2D eigenvalue weighted by Crippen LogP contribution is 2.43. The first-order valence-corrected chi connectivity index (χ1v) is 10.0. The fraction of sp³-hybridized carbons (Fsp3) is 0.200. The molecule has 5 rings (SSSR count). The molecule has 1 unspecified atom stereocenters. The third kappa shape index (κ3) is 3.10. The number of rotatable bonds is 3. The predicted octanol–water partition coefficient (Wildman–Crippen LogP) is 5.94. The van der Waals surface area contributed by atoms with E-state index < -0.39 is 0 Å². The molecule has 29 heavy (non-hydrogen) atoms. The van der Waals surface area contributed by atoms with Gasteiger partial charge in [0.05, 0.1) is 11.3 Å². The first-order chi connectivity index (χ1) is 14.4. The zero-order chi connectivity index (χ0) is 19.6. The SMILES string of the molecule is N#Cc1cnc2c(c1)c(-c1ccccc1)c(-c1ccccc1)n2C1CCCCO1. The van der Waals surface area contributed by atoms with E-state index >= 15 is 0 Å². The summed E-state index contributed by atoms with van der Waals surface area (Å²) in [5, 5.41) is 10.5. The van der Waals surface area contributed by atoms with Crippen LogP contribution in [-0.4, -0.2) is 16.2 Å². The van der Waals surface area contributed by atoms with Crippen molar-refractivity contribution in [2.24, 2.45) is 0 Å². The van der Waals surface area contributed by atoms with Gasteiger partial charge < -0.3 is 4.74 Å². The van der Waals surface area contributed by atoms with Crippen molar-refractivity contribution < 1.29 is 4.74 Å². The van der Waals surface area contributed by atoms with Gasteiger partial charge in [-0.15, -0.1) is 0 Å². The molecule has 142 valence electrons. The predicted molar refractivity (Wildman–Crippen MR) is 114 cm³/mol. The van der Waals surface area contributed by atoms with Gasteiger partial charge in [0.2, 0.25) is 0 Å². The largest absolute Gasteiger partial charge is 0.358 e. The lowest BCUT2D eigenvalue weighted by Crippen LogP contribution is -2.19. The maximum absolute atomic E-state index is 9.48. The molecule has 1 atom stereocenters. The lowest BCUT2D eigenvalue weighted by Gasteiger charge is -2.26. The molecule has 0 bridgehead atoms. The number of nitriles is 1. The smallest absolute Gasteiger partial charge is 0.143 e. The zero-order valence-corrected chi connectivity index (χ0v) is 16.1. The summed E-state index contributed by atoms with van der Waals surface area (Å²) in [6, 6.07) is 25.0. The van der Waals surface area contributed by atoms with Crippen molar-refractivity contribution in [1.29, 1.82) is 5.26 Å². The Morgan fingerprint density at radius 1 is 0.966 bits per heavy atom. The number of pyridine rings is 1. The van der Waals surface area contributed by atoms with E-state index in [9.17, 15) is 5.26 Å². The second kappa shape index (κ2) is 7.54. The highest BCUT2D eigenvalue weighted by Gasteiger charge is 2.27. The molecule has 1 fully saturated rings. The fourth-order valence-electron chi connectivity index (χ4n) is 4.23. The quantitative estimate of drug-likeness (QED) is 0.442. The average Bonchev–Trinajstić information content (AvgIpc) is 3.15. The summed E-state index contributed by atoms with van der Waals surface area (Å²) in [5.74, 6) is 0. The Morgan fingerprint density at radius 2 is 1.69 bits per heavy atom. The minimum atomic E-state index is -0.0562. The van der Waals surface area contributed by atoms with Gasteiger partial charge in [0.25, 0.3) is 0 Å². The standard InChI is InChI=1S/C25H21N3O/c26-16-18-15-21-23(19-9-3-1-4-10-19)24(20-11-5-2-6-12-20)28(25(21)27-17-18)22-13-7-8-14-29-22/h1-6,9-12,15,17,22H,7-8,13-14H2. The molecule has 1 aliphatic rings. The summed E-state index contributed by atoms with van der Waals surface area (Å²) < 4.78 is 8.44. The fourth-order valence-corrected chi connectivity index (χ4v) is 4.23. The van der Waals surface area contributed by atoms with Gasteiger partial charge >= 0.3 is 0 Å². The van der Waals surface area contributed by atoms with E-state index in [1.54, 1.807) is 6.20 Å². The molecule has 2 aromatic carbocycles. The second-order valence-corrected chi connectivity index (χ2v) is 7.35. The summed E-state index contributed by atoms with van der Waals surface area (Å²) in [7, 11) is 0. The minimum Gasteiger partial charge on any atom is -0.358 e. The van der Waals surface area contributed by atoms with Gasteiger partial charge in [0.1, 0.15) is 17.9 Å². The topological polar surface area (TPSA) is 50.8 Å². The molecule has 0 radical (unpaired) electrons. The molecule has 4 aromatic rings. The number of nitrogens with zero attached hydrogens (tertiary/aromatic N) is 3. The number of benzene rings is 2. The molecule has 0 amide bonds. The van der Waals surface area contributed by atoms with E-state index in [1.165, 1.54) is 0 Å². The van der Waals surface area contributed by atoms with Crippen molar-refractivity contribution >= 4 is 11.0 Å². The van der Waals surface area contributed by atoms with Crippen LogP contribution in [0.25, 0.3) is 33.4 Å². The van der Waals surface area contributed by atoms with E-state index in [0.29, 0.717) is 5.56 Å². The van der Waals surface area contributed by atoms with Crippen LogP contribution < -0.4 is 0 Å². The van der Waals surface area contributed by atoms with Gasteiger partial charge in [-0.05, 0) is 36.5 Å². The molecule has 4 heteroatoms. The van der Waals surface area contributed by atoms with E-state index in [0.717, 1.165) is 59.3 Å². The molecule has 3 heterocycles. The van der Waals surface area contributed by atoms with Crippen LogP contribution in [0.1, 0.15) is 31.1 Å². The average molecular weight is 379 g/mol. The van der Waals surface area contributed by atoms with E-state index in [1.807, 2.05) is 30.3 Å². The van der Waals surface area contributed by atoms with Crippen molar-refractivity contribution in [3.63, 3.8) is 0 Å². The van der Waals surface area contributed by atoms with E-state index in [2.05, 4.69) is 47.0 Å². The minimum absolute atomic E-state index is 0.0562. The van der Waals surface area contributed by atoms with Crippen LogP contribution in [0.4, 0.5) is 0 Å². The molecule has 4 nitrogen and oxygen atoms in total. The van der Waals surface area contributed by atoms with Crippen LogP contribution in [0, 0.1) is 11.3 Å². The molecule has 1 saturated heterocycles. The first-order valence-electron chi connectivity index (χ1n) is 10.0. The highest BCUT2D eigenvalue weighted by molar-refractivity contribution is 6.03. The van der Waals surface area contributed by atoms with Crippen molar-refractivity contribution in [2.45, 2.75) is 25.5 Å². The molecule has 0 saturated carbocycles. The van der Waals surface area contributed by atoms with Crippen molar-refractivity contribution in [3.05, 3.63) is 78.5 Å². The zero-order valence-electron chi connectivity index (χ0n) is 16.1. The van der Waals surface area contributed by atoms with Gasteiger partial charge in [0, 0.05) is 23.8 Å². The summed E-state index contributed by atoms with van der Waals surface area (Å²) >= 11 is 0. The third-order valence-electron chi connectivity index (χ3n) is 5.52. The maximum Gasteiger partial charge on any atom is 0.143 e. The van der Waals surface area contributed by atoms with Crippen molar-refractivity contribution in [2.75, 3.05) is 6.61 Å². The Hall–Kier alpha value is -3.42. The number of aromatic nitrogens is 2. The van der Waals surface area contributed by atoms with Gasteiger partial charge in [0.15, 0.2) is 0 Å². The van der Waals surface area contributed by atoms with E-state index in [4.69, 9.17) is 9.72 Å². The van der Waals surface area contributed by atoms with Crippen molar-refractivity contribution in [3.8, 4) is 28.5 Å². The summed E-state index contributed by atoms with van der Waals surface area (Å²) in [6.45, 7) is 0.759. The van der Waals surface area contributed by atoms with Crippen LogP contribution in [0.3, 0.4) is 0 Å². The lowest BCUT2D eigenvalue weighted by molar-refractivity contribution is -0.0284. The lowest BCUT2D eigenvalue weighted by atomic mass is 9.98. The van der Waals surface area contributed by atoms with Crippen LogP contribution in [0.5, 0.6) is 0 Å². The third-order valence-corrected chi connectivity index (χ3v) is 5.52. The van der Waals surface area contributed by atoms with Crippen LogP contribution >= 0.6 is 0 Å². The first kappa shape index (κ1) is 17.7. The number of hydrogen-bond acceptors (Lipinski definition) is 3. The maximum atomic E-state index is 9.48. The van der Waals surface area contributed by atoms with Gasteiger partial charge in [-0.1, -0.05) is 60.7 Å². The Bertz CT molecular complexity index is 1180. The van der Waals surface area contributed by atoms with Crippen molar-refractivity contribution in [1.82, 2.24) is 9.55 Å². The summed E-state index contributed by atoms with van der Waals surface area (Å²) in [6.07, 6.45) is 4.79. The Labute approximate surface area is 170 Å². The van der Waals surface area contributed by atoms with Gasteiger partial charge in [-0.3, -0.25) is 4.57 Å². The van der Waals surface area contributed by atoms with E-state index in [-0.39, 0.29) is 6.23 Å². The molecular weight excluding hydrogens is 358 g/mol. The molecule has 0 aliphatic carbocycles. The Morgan fingerprint density at radius 3 is 2.34 bits per heavy atom. The van der Waals surface area contributed by atoms with Crippen LogP contribution in [0.2, 0.25) is 0 Å². The number of hydrogen-bond donors (Lipinski definition) is 0. The normalized spacial score (nSPS) is 16.6. The monoisotopic (exact) mass is 379 g/mol. The highest BCUT2D eigenvalue weighted by atomic mass is 16.5.